The van der Waals surface area contributed by atoms with Crippen LogP contribution in [0.15, 0.2) is 28.0 Å². The molecule has 0 unspecified atom stereocenters. The number of nitrogens with zero attached hydrogens (tertiary/aromatic N) is 3. The Morgan fingerprint density at radius 1 is 1.14 bits per heavy atom. The van der Waals surface area contributed by atoms with E-state index in [1.165, 1.54) is 32.4 Å². The minimum absolute atomic E-state index is 0.0859. The summed E-state index contributed by atoms with van der Waals surface area (Å²) in [6, 6.07) is 5.44. The van der Waals surface area contributed by atoms with Gasteiger partial charge in [-0.05, 0) is 72.5 Å². The van der Waals surface area contributed by atoms with Gasteiger partial charge in [0.2, 0.25) is 0 Å². The van der Waals surface area contributed by atoms with E-state index >= 15 is 0 Å². The number of aryl methyl sites for hydroxylation is 1. The van der Waals surface area contributed by atoms with E-state index in [1.54, 1.807) is 6.07 Å². The number of hydrogen-bond donors (Lipinski definition) is 2. The van der Waals surface area contributed by atoms with Crippen molar-refractivity contribution in [3.63, 3.8) is 0 Å². The van der Waals surface area contributed by atoms with Crippen LogP contribution in [0, 0.1) is 6.92 Å². The molecule has 6 heteroatoms. The van der Waals surface area contributed by atoms with E-state index in [0.717, 1.165) is 50.7 Å². The summed E-state index contributed by atoms with van der Waals surface area (Å²) < 4.78 is 1.85. The van der Waals surface area contributed by atoms with Crippen LogP contribution in [0.2, 0.25) is 0 Å². The lowest BCUT2D eigenvalue weighted by atomic mass is 9.99. The van der Waals surface area contributed by atoms with Gasteiger partial charge in [0.15, 0.2) is 5.96 Å². The van der Waals surface area contributed by atoms with E-state index in [4.69, 9.17) is 4.99 Å². The maximum atomic E-state index is 11.9. The maximum Gasteiger partial charge on any atom is 0.250 e. The fraction of sp³-hybridized carbons (Fsp3) is 0.727. The summed E-state index contributed by atoms with van der Waals surface area (Å²) >= 11 is 0. The molecule has 0 atom stereocenters. The average Bonchev–Trinajstić information content (AvgIpc) is 2.68. The normalized spacial score (nSPS) is 16.2. The summed E-state index contributed by atoms with van der Waals surface area (Å²) in [5.74, 6) is 0.889. The van der Waals surface area contributed by atoms with Crippen molar-refractivity contribution in [3.05, 3.63) is 34.2 Å². The first-order valence-corrected chi connectivity index (χ1v) is 10.9. The fourth-order valence-corrected chi connectivity index (χ4v) is 3.73. The highest BCUT2D eigenvalue weighted by atomic mass is 16.1. The Kier molecular flexibility index (Phi) is 9.03. The van der Waals surface area contributed by atoms with E-state index in [1.807, 2.05) is 23.6 Å². The van der Waals surface area contributed by atoms with Gasteiger partial charge in [-0.1, -0.05) is 12.5 Å². The molecule has 2 rings (SSSR count). The van der Waals surface area contributed by atoms with Crippen LogP contribution in [-0.4, -0.2) is 53.7 Å². The number of aliphatic imine (C=N–C) groups is 1. The van der Waals surface area contributed by atoms with Crippen molar-refractivity contribution in [2.45, 2.75) is 71.9 Å². The van der Waals surface area contributed by atoms with Crippen molar-refractivity contribution >= 4 is 5.96 Å². The van der Waals surface area contributed by atoms with Gasteiger partial charge in [-0.3, -0.25) is 14.7 Å². The van der Waals surface area contributed by atoms with Crippen LogP contribution in [0.4, 0.5) is 0 Å². The van der Waals surface area contributed by atoms with E-state index in [-0.39, 0.29) is 11.1 Å². The number of unbranched alkanes of at least 4 members (excludes halogenated alkanes) is 1. The number of guanidine groups is 1. The van der Waals surface area contributed by atoms with Crippen molar-refractivity contribution in [1.82, 2.24) is 20.1 Å². The van der Waals surface area contributed by atoms with Crippen molar-refractivity contribution in [2.24, 2.45) is 4.99 Å². The molecule has 1 saturated heterocycles. The SMILES string of the molecule is CCNC(=NCC(C)(C)N1CCCCC1)NCCCCn1c(C)cccc1=O. The zero-order valence-electron chi connectivity index (χ0n) is 18.3. The highest BCUT2D eigenvalue weighted by Gasteiger charge is 2.27. The van der Waals surface area contributed by atoms with Crippen LogP contribution >= 0.6 is 0 Å². The highest BCUT2D eigenvalue weighted by molar-refractivity contribution is 5.79. The summed E-state index contributed by atoms with van der Waals surface area (Å²) in [6.45, 7) is 14.3. The lowest BCUT2D eigenvalue weighted by Crippen LogP contribution is -2.49. The van der Waals surface area contributed by atoms with Gasteiger partial charge in [0, 0.05) is 36.9 Å². The third kappa shape index (κ3) is 6.97. The van der Waals surface area contributed by atoms with Crippen LogP contribution in [0.5, 0.6) is 0 Å². The largest absolute Gasteiger partial charge is 0.357 e. The molecule has 6 nitrogen and oxygen atoms in total. The quantitative estimate of drug-likeness (QED) is 0.387. The maximum absolute atomic E-state index is 11.9. The topological polar surface area (TPSA) is 61.7 Å². The fourth-order valence-electron chi connectivity index (χ4n) is 3.73. The Labute approximate surface area is 170 Å². The predicted octanol–water partition coefficient (Wildman–Crippen LogP) is 2.76. The van der Waals surface area contributed by atoms with Gasteiger partial charge >= 0.3 is 0 Å². The number of likely N-dealkylation sites (tertiary alicyclic amines) is 1. The van der Waals surface area contributed by atoms with E-state index < -0.39 is 0 Å². The number of aromatic nitrogens is 1. The molecule has 0 saturated carbocycles. The highest BCUT2D eigenvalue weighted by Crippen LogP contribution is 2.20. The molecule has 2 heterocycles. The van der Waals surface area contributed by atoms with E-state index in [0.29, 0.717) is 0 Å². The van der Waals surface area contributed by atoms with Gasteiger partial charge in [-0.25, -0.2) is 0 Å². The van der Waals surface area contributed by atoms with Gasteiger partial charge in [-0.2, -0.15) is 0 Å². The first-order valence-electron chi connectivity index (χ1n) is 10.9. The van der Waals surface area contributed by atoms with Gasteiger partial charge in [0.25, 0.3) is 5.56 Å². The number of piperidine rings is 1. The molecule has 0 aromatic carbocycles. The predicted molar refractivity (Wildman–Crippen MR) is 118 cm³/mol. The minimum Gasteiger partial charge on any atom is -0.357 e. The molecular formula is C22H39N5O. The van der Waals surface area contributed by atoms with Gasteiger partial charge in [-0.15, -0.1) is 0 Å². The zero-order chi connectivity index (χ0) is 20.4. The molecule has 0 radical (unpaired) electrons. The molecule has 158 valence electrons. The average molecular weight is 390 g/mol. The molecule has 28 heavy (non-hydrogen) atoms. The number of pyridine rings is 1. The van der Waals surface area contributed by atoms with Gasteiger partial charge < -0.3 is 15.2 Å². The zero-order valence-corrected chi connectivity index (χ0v) is 18.3. The van der Waals surface area contributed by atoms with Crippen molar-refractivity contribution in [1.29, 1.82) is 0 Å². The van der Waals surface area contributed by atoms with Gasteiger partial charge in [0.1, 0.15) is 0 Å². The second kappa shape index (κ2) is 11.2. The van der Waals surface area contributed by atoms with Gasteiger partial charge in [0.05, 0.1) is 6.54 Å². The first kappa shape index (κ1) is 22.5. The summed E-state index contributed by atoms with van der Waals surface area (Å²) in [6.07, 6.45) is 5.93. The third-order valence-corrected chi connectivity index (χ3v) is 5.55. The second-order valence-electron chi connectivity index (χ2n) is 8.35. The van der Waals surface area contributed by atoms with Crippen LogP contribution in [0.25, 0.3) is 0 Å². The Bertz CT molecular complexity index is 674. The Hall–Kier alpha value is -1.82. The Balaban J connectivity index is 1.78. The lowest BCUT2D eigenvalue weighted by molar-refractivity contribution is 0.102. The molecule has 0 bridgehead atoms. The molecule has 0 amide bonds. The number of nitrogens with one attached hydrogen (secondary N) is 2. The smallest absolute Gasteiger partial charge is 0.250 e. The van der Waals surface area contributed by atoms with Crippen molar-refractivity contribution in [2.75, 3.05) is 32.7 Å². The van der Waals surface area contributed by atoms with E-state index in [9.17, 15) is 4.79 Å². The monoisotopic (exact) mass is 389 g/mol. The minimum atomic E-state index is 0.0859. The molecule has 0 spiro atoms. The van der Waals surface area contributed by atoms with E-state index in [2.05, 4.69) is 36.3 Å². The second-order valence-corrected chi connectivity index (χ2v) is 8.35. The van der Waals surface area contributed by atoms with Crippen LogP contribution in [0.1, 0.15) is 58.6 Å². The van der Waals surface area contributed by atoms with Crippen LogP contribution < -0.4 is 16.2 Å². The standard InChI is InChI=1S/C22H39N5O/c1-5-23-21(25-18-22(3,4)26-15-8-6-9-16-26)24-14-7-10-17-27-19(2)12-11-13-20(27)28/h11-13H,5-10,14-18H2,1-4H3,(H2,23,24,25). The Morgan fingerprint density at radius 3 is 2.57 bits per heavy atom. The lowest BCUT2D eigenvalue weighted by Gasteiger charge is -2.40. The summed E-state index contributed by atoms with van der Waals surface area (Å²) in [5.41, 5.74) is 1.20. The molecule has 1 aromatic rings. The molecular weight excluding hydrogens is 350 g/mol. The molecule has 1 aliphatic heterocycles. The van der Waals surface area contributed by atoms with Crippen molar-refractivity contribution < 1.29 is 0 Å². The molecule has 1 aromatic heterocycles. The Morgan fingerprint density at radius 2 is 1.89 bits per heavy atom. The molecule has 1 fully saturated rings. The summed E-state index contributed by atoms with van der Waals surface area (Å²) in [5, 5.41) is 6.79. The summed E-state index contributed by atoms with van der Waals surface area (Å²) in [4.78, 5) is 19.3. The summed E-state index contributed by atoms with van der Waals surface area (Å²) in [7, 11) is 0. The van der Waals surface area contributed by atoms with Crippen LogP contribution in [-0.2, 0) is 6.54 Å². The molecule has 0 aliphatic carbocycles. The van der Waals surface area contributed by atoms with Crippen LogP contribution in [0.3, 0.4) is 0 Å². The third-order valence-electron chi connectivity index (χ3n) is 5.55. The number of rotatable bonds is 9. The number of hydrogen-bond acceptors (Lipinski definition) is 3. The molecule has 2 N–H and O–H groups in total. The van der Waals surface area contributed by atoms with Crippen molar-refractivity contribution in [3.8, 4) is 0 Å². The first-order chi connectivity index (χ1) is 13.4. The molecule has 1 aliphatic rings.